The van der Waals surface area contributed by atoms with Crippen molar-refractivity contribution in [1.82, 2.24) is 9.78 Å². The molecule has 0 amide bonds. The fourth-order valence-corrected chi connectivity index (χ4v) is 2.81. The zero-order chi connectivity index (χ0) is 13.0. The van der Waals surface area contributed by atoms with Gasteiger partial charge in [-0.05, 0) is 5.92 Å². The van der Waals surface area contributed by atoms with Crippen molar-refractivity contribution in [3.63, 3.8) is 0 Å². The van der Waals surface area contributed by atoms with E-state index in [1.54, 1.807) is 18.0 Å². The lowest BCUT2D eigenvalue weighted by Crippen LogP contribution is -2.15. The van der Waals surface area contributed by atoms with Crippen LogP contribution in [-0.4, -0.2) is 29.3 Å². The van der Waals surface area contributed by atoms with Gasteiger partial charge in [0.25, 0.3) is 0 Å². The Morgan fingerprint density at radius 3 is 2.94 bits per heavy atom. The summed E-state index contributed by atoms with van der Waals surface area (Å²) in [4.78, 5) is 12.3. The van der Waals surface area contributed by atoms with Crippen LogP contribution in [-0.2, 0) is 11.3 Å². The second kappa shape index (κ2) is 6.34. The number of hydrogen-bond acceptors (Lipinski definition) is 3. The number of ketones is 1. The zero-order valence-electron chi connectivity index (χ0n) is 10.7. The van der Waals surface area contributed by atoms with Gasteiger partial charge in [-0.25, -0.2) is 0 Å². The molecule has 2 rings (SSSR count). The van der Waals surface area contributed by atoms with E-state index in [9.17, 15) is 4.79 Å². The molecule has 1 aliphatic carbocycles. The van der Waals surface area contributed by atoms with E-state index in [0.29, 0.717) is 36.2 Å². The van der Waals surface area contributed by atoms with Crippen molar-refractivity contribution in [3.05, 3.63) is 16.9 Å². The Morgan fingerprint density at radius 2 is 2.28 bits per heavy atom. The first-order chi connectivity index (χ1) is 8.72. The lowest BCUT2D eigenvalue weighted by atomic mass is 9.99. The minimum absolute atomic E-state index is 0.112. The summed E-state index contributed by atoms with van der Waals surface area (Å²) in [5.41, 5.74) is 0.542. The molecule has 1 aromatic rings. The third-order valence-electron chi connectivity index (χ3n) is 3.51. The molecule has 0 bridgehead atoms. The molecule has 0 spiro atoms. The maximum atomic E-state index is 12.3. The predicted octanol–water partition coefficient (Wildman–Crippen LogP) is 2.95. The van der Waals surface area contributed by atoms with E-state index < -0.39 is 0 Å². The van der Waals surface area contributed by atoms with Crippen LogP contribution in [0.2, 0.25) is 5.02 Å². The highest BCUT2D eigenvalue weighted by Gasteiger charge is 2.23. The third-order valence-corrected chi connectivity index (χ3v) is 3.79. The van der Waals surface area contributed by atoms with Crippen LogP contribution in [0.3, 0.4) is 0 Å². The van der Waals surface area contributed by atoms with Gasteiger partial charge in [0.15, 0.2) is 5.78 Å². The number of rotatable bonds is 6. The average molecular weight is 271 g/mol. The van der Waals surface area contributed by atoms with E-state index in [2.05, 4.69) is 5.10 Å². The topological polar surface area (TPSA) is 44.1 Å². The minimum Gasteiger partial charge on any atom is -0.383 e. The first-order valence-corrected chi connectivity index (χ1v) is 6.83. The van der Waals surface area contributed by atoms with Crippen LogP contribution in [0.25, 0.3) is 0 Å². The first kappa shape index (κ1) is 13.6. The third kappa shape index (κ3) is 3.12. The summed E-state index contributed by atoms with van der Waals surface area (Å²) in [7, 11) is 1.63. The van der Waals surface area contributed by atoms with Crippen molar-refractivity contribution in [3.8, 4) is 0 Å². The van der Waals surface area contributed by atoms with Crippen LogP contribution in [0.4, 0.5) is 0 Å². The summed E-state index contributed by atoms with van der Waals surface area (Å²) in [6.45, 7) is 1.09. The summed E-state index contributed by atoms with van der Waals surface area (Å²) in [5, 5.41) is 4.59. The number of aromatic nitrogens is 2. The number of carbonyl (C=O) groups excluding carboxylic acids is 1. The molecule has 1 heterocycles. The van der Waals surface area contributed by atoms with Crippen molar-refractivity contribution in [2.45, 2.75) is 38.6 Å². The predicted molar refractivity (Wildman–Crippen MR) is 70.0 cm³/mol. The quantitative estimate of drug-likeness (QED) is 0.747. The molecule has 5 heteroatoms. The van der Waals surface area contributed by atoms with Gasteiger partial charge in [0, 0.05) is 13.5 Å². The van der Waals surface area contributed by atoms with Gasteiger partial charge in [0.2, 0.25) is 0 Å². The minimum atomic E-state index is 0.112. The van der Waals surface area contributed by atoms with Gasteiger partial charge in [-0.2, -0.15) is 5.10 Å². The molecule has 18 heavy (non-hydrogen) atoms. The summed E-state index contributed by atoms with van der Waals surface area (Å²) in [6.07, 6.45) is 6.95. The van der Waals surface area contributed by atoms with Crippen molar-refractivity contribution in [2.24, 2.45) is 5.92 Å². The van der Waals surface area contributed by atoms with Gasteiger partial charge in [-0.3, -0.25) is 9.48 Å². The summed E-state index contributed by atoms with van der Waals surface area (Å²) >= 11 is 6.06. The Kier molecular flexibility index (Phi) is 4.78. The lowest BCUT2D eigenvalue weighted by molar-refractivity contribution is 0.0948. The standard InChI is InChI=1S/C13H19ClN2O2/c1-18-7-6-16-13(11(14)9-15-16)12(17)8-10-4-2-3-5-10/h9-10H,2-8H2,1H3. The molecule has 0 radical (unpaired) electrons. The Balaban J connectivity index is 2.05. The molecule has 0 aliphatic heterocycles. The molecule has 0 N–H and O–H groups in total. The van der Waals surface area contributed by atoms with Gasteiger partial charge >= 0.3 is 0 Å². The highest BCUT2D eigenvalue weighted by atomic mass is 35.5. The first-order valence-electron chi connectivity index (χ1n) is 6.46. The van der Waals surface area contributed by atoms with Crippen LogP contribution >= 0.6 is 11.6 Å². The Bertz CT molecular complexity index is 411. The van der Waals surface area contributed by atoms with Crippen molar-refractivity contribution < 1.29 is 9.53 Å². The largest absolute Gasteiger partial charge is 0.383 e. The highest BCUT2D eigenvalue weighted by molar-refractivity contribution is 6.33. The number of hydrogen-bond donors (Lipinski definition) is 0. The fourth-order valence-electron chi connectivity index (χ4n) is 2.56. The van der Waals surface area contributed by atoms with Crippen LogP contribution in [0.15, 0.2) is 6.20 Å². The van der Waals surface area contributed by atoms with Crippen molar-refractivity contribution in [2.75, 3.05) is 13.7 Å². The number of carbonyl (C=O) groups is 1. The number of ether oxygens (including phenoxy) is 1. The van der Waals surface area contributed by atoms with Crippen molar-refractivity contribution in [1.29, 1.82) is 0 Å². The number of halogens is 1. The molecule has 1 fully saturated rings. The normalized spacial score (nSPS) is 16.3. The maximum Gasteiger partial charge on any atom is 0.182 e. The summed E-state index contributed by atoms with van der Waals surface area (Å²) in [5.74, 6) is 0.639. The van der Waals surface area contributed by atoms with Gasteiger partial charge in [-0.1, -0.05) is 37.3 Å². The summed E-state index contributed by atoms with van der Waals surface area (Å²) in [6, 6.07) is 0. The molecule has 1 aliphatic rings. The van der Waals surface area contributed by atoms with Gasteiger partial charge in [0.05, 0.1) is 24.4 Å². The van der Waals surface area contributed by atoms with Gasteiger partial charge < -0.3 is 4.74 Å². The number of methoxy groups -OCH3 is 1. The zero-order valence-corrected chi connectivity index (χ0v) is 11.4. The molecular formula is C13H19ClN2O2. The number of Topliss-reactive ketones (excluding diaryl/α,β-unsaturated/α-hetero) is 1. The Morgan fingerprint density at radius 1 is 1.56 bits per heavy atom. The fraction of sp³-hybridized carbons (Fsp3) is 0.692. The molecule has 0 unspecified atom stereocenters. The number of nitrogens with zero attached hydrogens (tertiary/aromatic N) is 2. The smallest absolute Gasteiger partial charge is 0.182 e. The molecule has 1 aromatic heterocycles. The van der Waals surface area contributed by atoms with E-state index in [0.717, 1.165) is 12.8 Å². The average Bonchev–Trinajstić information content (AvgIpc) is 2.96. The van der Waals surface area contributed by atoms with Gasteiger partial charge in [0.1, 0.15) is 5.69 Å². The van der Waals surface area contributed by atoms with Crippen molar-refractivity contribution >= 4 is 17.4 Å². The molecular weight excluding hydrogens is 252 g/mol. The second-order valence-corrected chi connectivity index (χ2v) is 5.24. The van der Waals surface area contributed by atoms with Crippen LogP contribution in [0.1, 0.15) is 42.6 Å². The maximum absolute atomic E-state index is 12.3. The summed E-state index contributed by atoms with van der Waals surface area (Å²) < 4.78 is 6.66. The SMILES string of the molecule is COCCn1ncc(Cl)c1C(=O)CC1CCCC1. The van der Waals surface area contributed by atoms with E-state index in [1.165, 1.54) is 12.8 Å². The highest BCUT2D eigenvalue weighted by Crippen LogP contribution is 2.29. The van der Waals surface area contributed by atoms with Gasteiger partial charge in [-0.15, -0.1) is 0 Å². The van der Waals surface area contributed by atoms with E-state index in [1.807, 2.05) is 0 Å². The monoisotopic (exact) mass is 270 g/mol. The van der Waals surface area contributed by atoms with Crippen LogP contribution in [0, 0.1) is 5.92 Å². The molecule has 0 atom stereocenters. The molecule has 0 saturated heterocycles. The van der Waals surface area contributed by atoms with Crippen LogP contribution < -0.4 is 0 Å². The molecule has 1 saturated carbocycles. The van der Waals surface area contributed by atoms with E-state index >= 15 is 0 Å². The molecule has 100 valence electrons. The molecule has 4 nitrogen and oxygen atoms in total. The van der Waals surface area contributed by atoms with Crippen LogP contribution in [0.5, 0.6) is 0 Å². The Labute approximate surface area is 112 Å². The Hall–Kier alpha value is -0.870. The molecule has 0 aromatic carbocycles. The van der Waals surface area contributed by atoms with E-state index in [4.69, 9.17) is 16.3 Å². The van der Waals surface area contributed by atoms with E-state index in [-0.39, 0.29) is 5.78 Å². The second-order valence-electron chi connectivity index (χ2n) is 4.83. The lowest BCUT2D eigenvalue weighted by Gasteiger charge is -2.10.